The fraction of sp³-hybridized carbons (Fsp3) is 0.370. The van der Waals surface area contributed by atoms with E-state index in [4.69, 9.17) is 10.8 Å². The van der Waals surface area contributed by atoms with Gasteiger partial charge in [0.05, 0.1) is 17.5 Å². The molecular formula is C27H28FN5O3. The number of carbonyl (C=O) groups is 2. The Kier molecular flexibility index (Phi) is 7.44. The van der Waals surface area contributed by atoms with Crippen LogP contribution < -0.4 is 5.32 Å². The first-order chi connectivity index (χ1) is 17.4. The Morgan fingerprint density at radius 1 is 1.22 bits per heavy atom. The van der Waals surface area contributed by atoms with Gasteiger partial charge in [0, 0.05) is 49.5 Å². The minimum Gasteiger partial charge on any atom is -0.464 e. The number of likely N-dealkylation sites (N-methyl/N-ethyl adjacent to an activating group) is 1. The molecule has 1 aromatic carbocycles. The number of nitrogens with one attached hydrogen (secondary N) is 1. The van der Waals surface area contributed by atoms with E-state index < -0.39 is 29.3 Å². The van der Waals surface area contributed by atoms with E-state index in [2.05, 4.69) is 26.4 Å². The first-order valence-corrected chi connectivity index (χ1v) is 12.0. The van der Waals surface area contributed by atoms with E-state index in [1.165, 1.54) is 23.3 Å². The predicted molar refractivity (Wildman–Crippen MR) is 133 cm³/mol. The molecule has 1 atom stereocenters. The lowest BCUT2D eigenvalue weighted by Gasteiger charge is -2.31. The topological polar surface area (TPSA) is 100 Å². The normalized spacial score (nSPS) is 14.3. The lowest BCUT2D eigenvalue weighted by molar-refractivity contribution is -0.126. The third-order valence-corrected chi connectivity index (χ3v) is 6.22. The van der Waals surface area contributed by atoms with E-state index in [1.54, 1.807) is 25.1 Å². The second-order valence-corrected chi connectivity index (χ2v) is 8.63. The highest BCUT2D eigenvalue weighted by Gasteiger charge is 2.42. The van der Waals surface area contributed by atoms with Crippen molar-refractivity contribution >= 4 is 22.8 Å². The summed E-state index contributed by atoms with van der Waals surface area (Å²) in [7, 11) is 0. The summed E-state index contributed by atoms with van der Waals surface area (Å²) in [5, 5.41) is 11.7. The summed E-state index contributed by atoms with van der Waals surface area (Å²) in [6.45, 7) is 4.20. The summed E-state index contributed by atoms with van der Waals surface area (Å²) in [5.74, 6) is 0.809. The van der Waals surface area contributed by atoms with Crippen LogP contribution in [0.15, 0.2) is 57.3 Å². The average Bonchev–Trinajstić information content (AvgIpc) is 3.51. The molecule has 186 valence electrons. The maximum atomic E-state index is 15.1. The van der Waals surface area contributed by atoms with Crippen LogP contribution in [0.1, 0.15) is 60.9 Å². The van der Waals surface area contributed by atoms with Crippen molar-refractivity contribution < 1.29 is 18.4 Å². The molecule has 9 heteroatoms. The van der Waals surface area contributed by atoms with Crippen LogP contribution in [0.5, 0.6) is 0 Å². The third kappa shape index (κ3) is 5.28. The Bertz CT molecular complexity index is 1340. The fourth-order valence-corrected chi connectivity index (χ4v) is 4.17. The Hall–Kier alpha value is -4.06. The van der Waals surface area contributed by atoms with Crippen LogP contribution in [0.3, 0.4) is 0 Å². The molecule has 4 rings (SSSR count). The molecule has 0 bridgehead atoms. The highest BCUT2D eigenvalue weighted by Crippen LogP contribution is 2.38. The molecule has 1 unspecified atom stereocenters. The van der Waals surface area contributed by atoms with E-state index in [1.807, 2.05) is 13.0 Å². The van der Waals surface area contributed by atoms with Gasteiger partial charge in [-0.1, -0.05) is 13.0 Å². The molecule has 8 nitrogen and oxygen atoms in total. The number of nitrogens with zero attached hydrogens (tertiary/aromatic N) is 4. The van der Waals surface area contributed by atoms with Gasteiger partial charge in [-0.3, -0.25) is 14.6 Å². The second-order valence-electron chi connectivity index (χ2n) is 8.63. The van der Waals surface area contributed by atoms with Crippen molar-refractivity contribution in [3.8, 4) is 12.3 Å². The lowest BCUT2D eigenvalue weighted by atomic mass is 10.0. The molecule has 1 aliphatic heterocycles. The molecule has 1 N–H and O–H groups in total. The fourth-order valence-electron chi connectivity index (χ4n) is 4.17. The van der Waals surface area contributed by atoms with Gasteiger partial charge in [-0.25, -0.2) is 4.39 Å². The summed E-state index contributed by atoms with van der Waals surface area (Å²) < 4.78 is 20.4. The van der Waals surface area contributed by atoms with Crippen LogP contribution in [0, 0.1) is 18.2 Å². The number of carbonyl (C=O) groups excluding carboxylic acids is 2. The van der Waals surface area contributed by atoms with Crippen LogP contribution in [0.4, 0.5) is 4.39 Å². The number of halogens is 1. The number of hydrogen-bond donors (Lipinski definition) is 1. The number of aromatic nitrogens is 1. The van der Waals surface area contributed by atoms with Crippen molar-refractivity contribution in [1.82, 2.24) is 15.2 Å². The first-order valence-electron chi connectivity index (χ1n) is 12.0. The largest absolute Gasteiger partial charge is 0.464 e. The zero-order valence-corrected chi connectivity index (χ0v) is 20.3. The van der Waals surface area contributed by atoms with Crippen molar-refractivity contribution in [1.29, 1.82) is 0 Å². The standard InChI is InChI=1S/C27H28FN5O3/c1-4-7-12-27(31-32-27)13-14-33(26(35)20-16-18-11-15-36-23(18)17-21(20)28)24(25(34)29-6-3)22-10-8-9-19(5-2)30-22/h1,8-11,15-17,24H,5-7,12-14H2,2-3H3,(H,29,34). The van der Waals surface area contributed by atoms with Crippen molar-refractivity contribution in [3.05, 3.63) is 65.4 Å². The van der Waals surface area contributed by atoms with E-state index in [0.717, 1.165) is 5.69 Å². The Balaban J connectivity index is 1.76. The molecule has 0 aliphatic carbocycles. The van der Waals surface area contributed by atoms with E-state index in [-0.39, 0.29) is 12.1 Å². The molecular weight excluding hydrogens is 461 g/mol. The number of benzene rings is 1. The SMILES string of the molecule is C#CCCC1(CCN(C(=O)c2cc3ccoc3cc2F)C(C(=O)NCC)c2cccc(CC)n2)N=N1. The molecule has 1 aliphatic rings. The van der Waals surface area contributed by atoms with Crippen LogP contribution in [-0.2, 0) is 11.2 Å². The summed E-state index contributed by atoms with van der Waals surface area (Å²) >= 11 is 0. The first kappa shape index (κ1) is 25.0. The van der Waals surface area contributed by atoms with E-state index >= 15 is 4.39 Å². The summed E-state index contributed by atoms with van der Waals surface area (Å²) in [6.07, 6.45) is 8.86. The number of terminal acetylenes is 1. The molecule has 0 fully saturated rings. The lowest BCUT2D eigenvalue weighted by Crippen LogP contribution is -2.45. The zero-order chi connectivity index (χ0) is 25.7. The maximum Gasteiger partial charge on any atom is 0.257 e. The van der Waals surface area contributed by atoms with Gasteiger partial charge >= 0.3 is 0 Å². The molecule has 3 heterocycles. The van der Waals surface area contributed by atoms with Crippen LogP contribution >= 0.6 is 0 Å². The van der Waals surface area contributed by atoms with Crippen molar-refractivity contribution in [2.24, 2.45) is 10.2 Å². The van der Waals surface area contributed by atoms with Gasteiger partial charge in [0.1, 0.15) is 11.4 Å². The number of rotatable bonds is 11. The maximum absolute atomic E-state index is 15.1. The van der Waals surface area contributed by atoms with Gasteiger partial charge in [0.25, 0.3) is 5.91 Å². The van der Waals surface area contributed by atoms with Gasteiger partial charge in [-0.2, -0.15) is 10.2 Å². The monoisotopic (exact) mass is 489 g/mol. The molecule has 2 aromatic heterocycles. The summed E-state index contributed by atoms with van der Waals surface area (Å²) in [4.78, 5) is 33.3. The number of aryl methyl sites for hydroxylation is 1. The zero-order valence-electron chi connectivity index (χ0n) is 20.3. The molecule has 3 aromatic rings. The molecule has 36 heavy (non-hydrogen) atoms. The van der Waals surface area contributed by atoms with Gasteiger partial charge in [-0.05, 0) is 37.6 Å². The average molecular weight is 490 g/mol. The Morgan fingerprint density at radius 3 is 2.72 bits per heavy atom. The molecule has 0 radical (unpaired) electrons. The Morgan fingerprint density at radius 2 is 2.03 bits per heavy atom. The highest BCUT2D eigenvalue weighted by molar-refractivity contribution is 6.00. The highest BCUT2D eigenvalue weighted by atomic mass is 19.1. The predicted octanol–water partition coefficient (Wildman–Crippen LogP) is 4.81. The molecule has 0 saturated heterocycles. The molecule has 0 saturated carbocycles. The van der Waals surface area contributed by atoms with Crippen LogP contribution in [0.2, 0.25) is 0 Å². The number of fused-ring (bicyclic) bond motifs is 1. The number of furan rings is 1. The van der Waals surface area contributed by atoms with Gasteiger partial charge in [0.15, 0.2) is 11.7 Å². The second kappa shape index (κ2) is 10.7. The van der Waals surface area contributed by atoms with Crippen molar-refractivity contribution in [2.45, 2.75) is 51.2 Å². The van der Waals surface area contributed by atoms with Crippen LogP contribution in [-0.4, -0.2) is 40.5 Å². The molecule has 0 spiro atoms. The third-order valence-electron chi connectivity index (χ3n) is 6.22. The number of pyridine rings is 1. The summed E-state index contributed by atoms with van der Waals surface area (Å²) in [5.41, 5.74) is 0.658. The van der Waals surface area contributed by atoms with E-state index in [9.17, 15) is 9.59 Å². The smallest absolute Gasteiger partial charge is 0.257 e. The Labute approximate surface area is 209 Å². The quantitative estimate of drug-likeness (QED) is 0.391. The minimum absolute atomic E-state index is 0.0963. The van der Waals surface area contributed by atoms with E-state index in [0.29, 0.717) is 48.9 Å². The number of amides is 2. The van der Waals surface area contributed by atoms with Crippen molar-refractivity contribution in [2.75, 3.05) is 13.1 Å². The molecule has 2 amide bonds. The van der Waals surface area contributed by atoms with Gasteiger partial charge in [-0.15, -0.1) is 12.3 Å². The van der Waals surface area contributed by atoms with Gasteiger partial charge < -0.3 is 14.6 Å². The summed E-state index contributed by atoms with van der Waals surface area (Å²) in [6, 6.07) is 8.55. The van der Waals surface area contributed by atoms with Crippen molar-refractivity contribution in [3.63, 3.8) is 0 Å². The van der Waals surface area contributed by atoms with Gasteiger partial charge in [0.2, 0.25) is 5.91 Å². The minimum atomic E-state index is -1.08. The number of hydrogen-bond acceptors (Lipinski definition) is 6. The van der Waals surface area contributed by atoms with Crippen LogP contribution in [0.25, 0.3) is 11.0 Å².